The molecular formula is C20H34N2O2. The summed E-state index contributed by atoms with van der Waals surface area (Å²) >= 11 is 0. The van der Waals surface area contributed by atoms with Crippen LogP contribution in [0.25, 0.3) is 0 Å². The van der Waals surface area contributed by atoms with Gasteiger partial charge in [-0.05, 0) is 30.1 Å². The quantitative estimate of drug-likeness (QED) is 0.752. The van der Waals surface area contributed by atoms with Crippen LogP contribution in [0, 0.1) is 10.8 Å². The Morgan fingerprint density at radius 1 is 1.33 bits per heavy atom. The Morgan fingerprint density at radius 2 is 2.04 bits per heavy atom. The molecule has 1 heterocycles. The zero-order chi connectivity index (χ0) is 18.0. The van der Waals surface area contributed by atoms with E-state index in [-0.39, 0.29) is 22.8 Å². The molecule has 4 heteroatoms. The average Bonchev–Trinajstić information content (AvgIpc) is 2.86. The number of aryl methyl sites for hydroxylation is 1. The van der Waals surface area contributed by atoms with Crippen LogP contribution < -0.4 is 5.32 Å². The van der Waals surface area contributed by atoms with Crippen LogP contribution in [0.3, 0.4) is 0 Å². The number of hydrogen-bond acceptors (Lipinski definition) is 3. The number of carbonyl (C=O) groups excluding carboxylic acids is 1. The van der Waals surface area contributed by atoms with Crippen LogP contribution in [0.2, 0.25) is 0 Å². The molecule has 0 spiro atoms. The number of unbranched alkanes of at least 4 members (excludes halogenated alkanes) is 2. The summed E-state index contributed by atoms with van der Waals surface area (Å²) in [6.07, 6.45) is 7.37. The number of carbonyl (C=O) groups is 1. The summed E-state index contributed by atoms with van der Waals surface area (Å²) in [5, 5.41) is 7.34. The van der Waals surface area contributed by atoms with Crippen LogP contribution in [0.1, 0.15) is 95.5 Å². The molecule has 0 radical (unpaired) electrons. The molecule has 0 saturated heterocycles. The summed E-state index contributed by atoms with van der Waals surface area (Å²) in [5.41, 5.74) is 1.76. The van der Waals surface area contributed by atoms with Crippen LogP contribution in [0.5, 0.6) is 0 Å². The third-order valence-electron chi connectivity index (χ3n) is 5.22. The molecule has 0 bridgehead atoms. The Hall–Kier alpha value is -1.32. The van der Waals surface area contributed by atoms with Crippen LogP contribution in [0.15, 0.2) is 4.52 Å². The SMILES string of the molecule is CCCCCC(NC(=O)c1noc2c1CC(C)(C)CC2)C(C)(C)C. The fraction of sp³-hybridized carbons (Fsp3) is 0.800. The number of rotatable bonds is 6. The first kappa shape index (κ1) is 19.0. The fourth-order valence-electron chi connectivity index (χ4n) is 3.47. The van der Waals surface area contributed by atoms with E-state index in [4.69, 9.17) is 4.52 Å². The van der Waals surface area contributed by atoms with Gasteiger partial charge in [-0.25, -0.2) is 0 Å². The van der Waals surface area contributed by atoms with E-state index in [0.29, 0.717) is 5.69 Å². The Balaban J connectivity index is 2.12. The van der Waals surface area contributed by atoms with Gasteiger partial charge < -0.3 is 9.84 Å². The minimum Gasteiger partial charge on any atom is -0.360 e. The van der Waals surface area contributed by atoms with Gasteiger partial charge in [0.2, 0.25) is 0 Å². The second kappa shape index (κ2) is 7.28. The molecule has 1 unspecified atom stereocenters. The number of amides is 1. The van der Waals surface area contributed by atoms with E-state index in [1.165, 1.54) is 12.8 Å². The minimum atomic E-state index is -0.0749. The molecule has 24 heavy (non-hydrogen) atoms. The first-order valence-corrected chi connectivity index (χ1v) is 9.42. The number of hydrogen-bond donors (Lipinski definition) is 1. The van der Waals surface area contributed by atoms with Gasteiger partial charge in [-0.1, -0.05) is 66.0 Å². The Bertz CT molecular complexity index is 567. The van der Waals surface area contributed by atoms with E-state index >= 15 is 0 Å². The molecular weight excluding hydrogens is 300 g/mol. The van der Waals surface area contributed by atoms with Crippen molar-refractivity contribution >= 4 is 5.91 Å². The van der Waals surface area contributed by atoms with E-state index < -0.39 is 0 Å². The molecule has 0 fully saturated rings. The van der Waals surface area contributed by atoms with Crippen molar-refractivity contribution in [3.8, 4) is 0 Å². The van der Waals surface area contributed by atoms with E-state index in [0.717, 1.165) is 43.4 Å². The molecule has 1 aromatic heterocycles. The van der Waals surface area contributed by atoms with E-state index in [9.17, 15) is 4.79 Å². The van der Waals surface area contributed by atoms with Crippen molar-refractivity contribution in [2.75, 3.05) is 0 Å². The van der Waals surface area contributed by atoms with Crippen molar-refractivity contribution in [1.82, 2.24) is 10.5 Å². The summed E-state index contributed by atoms with van der Waals surface area (Å²) in [5.74, 6) is 0.826. The first-order valence-electron chi connectivity index (χ1n) is 9.42. The summed E-state index contributed by atoms with van der Waals surface area (Å²) in [7, 11) is 0. The average molecular weight is 335 g/mol. The minimum absolute atomic E-state index is 0.0342. The van der Waals surface area contributed by atoms with Gasteiger partial charge in [0, 0.05) is 18.0 Å². The molecule has 1 aliphatic rings. The maximum Gasteiger partial charge on any atom is 0.274 e. The smallest absolute Gasteiger partial charge is 0.274 e. The van der Waals surface area contributed by atoms with E-state index in [1.54, 1.807) is 0 Å². The third kappa shape index (κ3) is 4.61. The lowest BCUT2D eigenvalue weighted by Gasteiger charge is -2.32. The molecule has 136 valence electrons. The molecule has 1 aliphatic carbocycles. The van der Waals surface area contributed by atoms with Crippen molar-refractivity contribution in [2.45, 2.75) is 92.5 Å². The fourth-order valence-corrected chi connectivity index (χ4v) is 3.47. The lowest BCUT2D eigenvalue weighted by atomic mass is 9.76. The van der Waals surface area contributed by atoms with Crippen molar-refractivity contribution in [2.24, 2.45) is 10.8 Å². The zero-order valence-corrected chi connectivity index (χ0v) is 16.3. The first-order chi connectivity index (χ1) is 11.1. The van der Waals surface area contributed by atoms with Crippen molar-refractivity contribution in [1.29, 1.82) is 0 Å². The molecule has 0 saturated carbocycles. The number of nitrogens with one attached hydrogen (secondary N) is 1. The van der Waals surface area contributed by atoms with Crippen LogP contribution in [-0.2, 0) is 12.8 Å². The van der Waals surface area contributed by atoms with Crippen molar-refractivity contribution < 1.29 is 9.32 Å². The number of fused-ring (bicyclic) bond motifs is 1. The van der Waals surface area contributed by atoms with E-state index in [1.807, 2.05) is 0 Å². The lowest BCUT2D eigenvalue weighted by Crippen LogP contribution is -2.44. The summed E-state index contributed by atoms with van der Waals surface area (Å²) < 4.78 is 5.46. The maximum absolute atomic E-state index is 12.8. The predicted molar refractivity (Wildman–Crippen MR) is 97.2 cm³/mol. The topological polar surface area (TPSA) is 55.1 Å². The monoisotopic (exact) mass is 334 g/mol. The van der Waals surface area contributed by atoms with Gasteiger partial charge in [-0.3, -0.25) is 4.79 Å². The predicted octanol–water partition coefficient (Wildman–Crippen LogP) is 4.91. The number of nitrogens with zero attached hydrogens (tertiary/aromatic N) is 1. The highest BCUT2D eigenvalue weighted by Crippen LogP contribution is 2.36. The maximum atomic E-state index is 12.8. The highest BCUT2D eigenvalue weighted by Gasteiger charge is 2.34. The van der Waals surface area contributed by atoms with Gasteiger partial charge in [-0.2, -0.15) is 0 Å². The lowest BCUT2D eigenvalue weighted by molar-refractivity contribution is 0.0885. The standard InChI is InChI=1S/C20H34N2O2/c1-7-8-9-10-16(19(2,3)4)21-18(23)17-14-13-20(5,6)12-11-15(14)24-22-17/h16H,7-13H2,1-6H3,(H,21,23). The largest absolute Gasteiger partial charge is 0.360 e. The molecule has 1 amide bonds. The summed E-state index contributed by atoms with van der Waals surface area (Å²) in [6.45, 7) is 13.2. The van der Waals surface area contributed by atoms with Gasteiger partial charge in [-0.15, -0.1) is 0 Å². The molecule has 1 N–H and O–H groups in total. The van der Waals surface area contributed by atoms with Gasteiger partial charge in [0.25, 0.3) is 5.91 Å². The Kier molecular flexibility index (Phi) is 5.77. The molecule has 4 nitrogen and oxygen atoms in total. The van der Waals surface area contributed by atoms with Gasteiger partial charge in [0.15, 0.2) is 5.69 Å². The molecule has 1 aromatic rings. The molecule has 0 aromatic carbocycles. The van der Waals surface area contributed by atoms with Gasteiger partial charge in [0.05, 0.1) is 0 Å². The summed E-state index contributed by atoms with van der Waals surface area (Å²) in [6, 6.07) is 0.153. The van der Waals surface area contributed by atoms with E-state index in [2.05, 4.69) is 52.0 Å². The highest BCUT2D eigenvalue weighted by molar-refractivity contribution is 5.94. The number of aromatic nitrogens is 1. The highest BCUT2D eigenvalue weighted by atomic mass is 16.5. The zero-order valence-electron chi connectivity index (χ0n) is 16.3. The van der Waals surface area contributed by atoms with Crippen molar-refractivity contribution in [3.05, 3.63) is 17.0 Å². The van der Waals surface area contributed by atoms with Gasteiger partial charge >= 0.3 is 0 Å². The molecule has 1 atom stereocenters. The third-order valence-corrected chi connectivity index (χ3v) is 5.22. The Morgan fingerprint density at radius 3 is 2.67 bits per heavy atom. The second-order valence-electron chi connectivity index (χ2n) is 9.16. The Labute approximate surface area is 146 Å². The normalized spacial score (nSPS) is 18.1. The van der Waals surface area contributed by atoms with Crippen LogP contribution in [0.4, 0.5) is 0 Å². The molecule has 0 aliphatic heterocycles. The van der Waals surface area contributed by atoms with Crippen LogP contribution in [-0.4, -0.2) is 17.1 Å². The van der Waals surface area contributed by atoms with Crippen molar-refractivity contribution in [3.63, 3.8) is 0 Å². The molecule has 2 rings (SSSR count). The van der Waals surface area contributed by atoms with Crippen LogP contribution >= 0.6 is 0 Å². The summed E-state index contributed by atoms with van der Waals surface area (Å²) in [4.78, 5) is 12.8. The van der Waals surface area contributed by atoms with Gasteiger partial charge in [0.1, 0.15) is 5.76 Å². The second-order valence-corrected chi connectivity index (χ2v) is 9.16.